The average molecular weight is 338 g/mol. The molecule has 0 spiro atoms. The van der Waals surface area contributed by atoms with Crippen LogP contribution >= 0.6 is 0 Å². The number of pyridine rings is 1. The van der Waals surface area contributed by atoms with Crippen molar-refractivity contribution < 1.29 is 9.53 Å². The summed E-state index contributed by atoms with van der Waals surface area (Å²) < 4.78 is 5.49. The highest BCUT2D eigenvalue weighted by Gasteiger charge is 2.08. The van der Waals surface area contributed by atoms with Gasteiger partial charge in [-0.3, -0.25) is 9.78 Å². The van der Waals surface area contributed by atoms with E-state index < -0.39 is 0 Å². The monoisotopic (exact) mass is 338 g/mol. The van der Waals surface area contributed by atoms with E-state index in [-0.39, 0.29) is 12.5 Å². The molecule has 0 radical (unpaired) electrons. The number of carbonyl (C=O) groups is 1. The van der Waals surface area contributed by atoms with Crippen molar-refractivity contribution in [3.63, 3.8) is 0 Å². The molecule has 2 aromatic rings. The van der Waals surface area contributed by atoms with E-state index in [4.69, 9.17) is 4.74 Å². The van der Waals surface area contributed by atoms with Gasteiger partial charge in [-0.25, -0.2) is 0 Å². The molecule has 6 heteroatoms. The maximum Gasteiger partial charge on any atom is 0.257 e. The van der Waals surface area contributed by atoms with Gasteiger partial charge in [0.25, 0.3) is 5.91 Å². The van der Waals surface area contributed by atoms with Crippen LogP contribution in [0.15, 0.2) is 30.3 Å². The molecule has 1 aromatic heterocycles. The standard InChI is InChI=1S/C19H22N4O2/c1-4-21-19(24)12-25-16-7-5-6-15(9-16)11-22-18-8-13(2)23-14(3)17(18)10-20/h5-9H,4,11-12H2,1-3H3,(H,21,24)(H,22,23). The van der Waals surface area contributed by atoms with Gasteiger partial charge in [0.05, 0.1) is 16.9 Å². The molecule has 0 saturated heterocycles. The molecule has 0 fully saturated rings. The number of carbonyl (C=O) groups excluding carboxylic acids is 1. The van der Waals surface area contributed by atoms with Gasteiger partial charge < -0.3 is 15.4 Å². The number of nitrogens with zero attached hydrogens (tertiary/aromatic N) is 2. The Labute approximate surface area is 147 Å². The minimum absolute atomic E-state index is 0.00789. The first kappa shape index (κ1) is 18.3. The first-order chi connectivity index (χ1) is 12.0. The summed E-state index contributed by atoms with van der Waals surface area (Å²) in [5.41, 5.74) is 3.88. The van der Waals surface area contributed by atoms with Crippen LogP contribution in [-0.2, 0) is 11.3 Å². The maximum absolute atomic E-state index is 11.5. The van der Waals surface area contributed by atoms with Crippen LogP contribution in [0.5, 0.6) is 5.75 Å². The number of ether oxygens (including phenoxy) is 1. The second-order valence-electron chi connectivity index (χ2n) is 5.63. The lowest BCUT2D eigenvalue weighted by atomic mass is 10.1. The van der Waals surface area contributed by atoms with Crippen molar-refractivity contribution in [2.24, 2.45) is 0 Å². The molecule has 130 valence electrons. The van der Waals surface area contributed by atoms with Gasteiger partial charge in [-0.15, -0.1) is 0 Å². The van der Waals surface area contributed by atoms with Gasteiger partial charge in [0.2, 0.25) is 0 Å². The Morgan fingerprint density at radius 1 is 1.32 bits per heavy atom. The lowest BCUT2D eigenvalue weighted by Gasteiger charge is -2.12. The average Bonchev–Trinajstić information content (AvgIpc) is 2.58. The zero-order chi connectivity index (χ0) is 18.2. The Hall–Kier alpha value is -3.07. The molecule has 25 heavy (non-hydrogen) atoms. The van der Waals surface area contributed by atoms with Gasteiger partial charge in [0.15, 0.2) is 6.61 Å². The fourth-order valence-corrected chi connectivity index (χ4v) is 2.45. The summed E-state index contributed by atoms with van der Waals surface area (Å²) >= 11 is 0. The van der Waals surface area contributed by atoms with Crippen LogP contribution in [0, 0.1) is 25.2 Å². The summed E-state index contributed by atoms with van der Waals surface area (Å²) in [4.78, 5) is 15.8. The van der Waals surface area contributed by atoms with E-state index in [1.165, 1.54) is 0 Å². The molecule has 0 atom stereocenters. The number of amides is 1. The number of anilines is 1. The van der Waals surface area contributed by atoms with E-state index in [0.717, 1.165) is 16.9 Å². The molecule has 0 unspecified atom stereocenters. The van der Waals surface area contributed by atoms with Crippen LogP contribution in [0.4, 0.5) is 5.69 Å². The molecule has 2 N–H and O–H groups in total. The summed E-state index contributed by atoms with van der Waals surface area (Å²) in [6.07, 6.45) is 0. The minimum atomic E-state index is -0.146. The Morgan fingerprint density at radius 2 is 2.12 bits per heavy atom. The topological polar surface area (TPSA) is 87.0 Å². The van der Waals surface area contributed by atoms with Crippen LogP contribution < -0.4 is 15.4 Å². The molecule has 1 aromatic carbocycles. The smallest absolute Gasteiger partial charge is 0.257 e. The molecule has 6 nitrogen and oxygen atoms in total. The Morgan fingerprint density at radius 3 is 2.84 bits per heavy atom. The van der Waals surface area contributed by atoms with Crippen LogP contribution in [0.2, 0.25) is 0 Å². The number of nitriles is 1. The largest absolute Gasteiger partial charge is 0.484 e. The summed E-state index contributed by atoms with van der Waals surface area (Å²) in [7, 11) is 0. The Balaban J connectivity index is 2.04. The number of aryl methyl sites for hydroxylation is 2. The third kappa shape index (κ3) is 5.21. The highest BCUT2D eigenvalue weighted by molar-refractivity contribution is 5.77. The number of hydrogen-bond acceptors (Lipinski definition) is 5. The number of nitrogens with one attached hydrogen (secondary N) is 2. The van der Waals surface area contributed by atoms with Crippen molar-refractivity contribution in [2.75, 3.05) is 18.5 Å². The molecule has 1 amide bonds. The second-order valence-corrected chi connectivity index (χ2v) is 5.63. The number of hydrogen-bond donors (Lipinski definition) is 2. The first-order valence-corrected chi connectivity index (χ1v) is 8.14. The molecule has 0 saturated carbocycles. The fourth-order valence-electron chi connectivity index (χ4n) is 2.45. The summed E-state index contributed by atoms with van der Waals surface area (Å²) in [5.74, 6) is 0.487. The lowest BCUT2D eigenvalue weighted by molar-refractivity contribution is -0.122. The quantitative estimate of drug-likeness (QED) is 0.810. The van der Waals surface area contributed by atoms with Crippen molar-refractivity contribution in [3.05, 3.63) is 52.8 Å². The van der Waals surface area contributed by atoms with Crippen molar-refractivity contribution in [2.45, 2.75) is 27.3 Å². The molecular formula is C19H22N4O2. The molecular weight excluding hydrogens is 316 g/mol. The predicted molar refractivity (Wildman–Crippen MR) is 96.4 cm³/mol. The van der Waals surface area contributed by atoms with Gasteiger partial charge in [0, 0.05) is 18.8 Å². The van der Waals surface area contributed by atoms with E-state index in [9.17, 15) is 10.1 Å². The minimum Gasteiger partial charge on any atom is -0.484 e. The Kier molecular flexibility index (Phi) is 6.35. The molecule has 0 bridgehead atoms. The molecule has 2 rings (SSSR count). The fraction of sp³-hybridized carbons (Fsp3) is 0.316. The SMILES string of the molecule is CCNC(=O)COc1cccc(CNc2cc(C)nc(C)c2C#N)c1. The number of likely N-dealkylation sites (N-methyl/N-ethyl adjacent to an activating group) is 1. The van der Waals surface area contributed by atoms with E-state index >= 15 is 0 Å². The van der Waals surface area contributed by atoms with Crippen LogP contribution in [0.3, 0.4) is 0 Å². The highest BCUT2D eigenvalue weighted by atomic mass is 16.5. The van der Waals surface area contributed by atoms with Gasteiger partial charge >= 0.3 is 0 Å². The molecule has 0 aliphatic rings. The van der Waals surface area contributed by atoms with Crippen molar-refractivity contribution in [3.8, 4) is 11.8 Å². The zero-order valence-corrected chi connectivity index (χ0v) is 14.7. The third-order valence-electron chi connectivity index (χ3n) is 3.57. The molecule has 0 aliphatic carbocycles. The van der Waals surface area contributed by atoms with E-state index in [0.29, 0.717) is 30.1 Å². The zero-order valence-electron chi connectivity index (χ0n) is 14.7. The summed E-state index contributed by atoms with van der Waals surface area (Å²) in [6.45, 7) is 6.70. The summed E-state index contributed by atoms with van der Waals surface area (Å²) in [6, 6.07) is 11.6. The van der Waals surface area contributed by atoms with Crippen LogP contribution in [0.1, 0.15) is 29.4 Å². The van der Waals surface area contributed by atoms with Crippen LogP contribution in [-0.4, -0.2) is 24.0 Å². The molecule has 0 aliphatic heterocycles. The van der Waals surface area contributed by atoms with E-state index in [1.54, 1.807) is 0 Å². The predicted octanol–water partition coefficient (Wildman–Crippen LogP) is 2.70. The van der Waals surface area contributed by atoms with Crippen molar-refractivity contribution in [1.82, 2.24) is 10.3 Å². The summed E-state index contributed by atoms with van der Waals surface area (Å²) in [5, 5.41) is 15.3. The maximum atomic E-state index is 11.5. The second kappa shape index (κ2) is 8.69. The van der Waals surface area contributed by atoms with Crippen molar-refractivity contribution >= 4 is 11.6 Å². The van der Waals surface area contributed by atoms with Gasteiger partial charge in [-0.05, 0) is 44.5 Å². The number of benzene rings is 1. The van der Waals surface area contributed by atoms with E-state index in [2.05, 4.69) is 21.7 Å². The first-order valence-electron chi connectivity index (χ1n) is 8.14. The van der Waals surface area contributed by atoms with E-state index in [1.807, 2.05) is 51.1 Å². The number of aromatic nitrogens is 1. The number of rotatable bonds is 7. The van der Waals surface area contributed by atoms with Gasteiger partial charge in [0.1, 0.15) is 11.8 Å². The van der Waals surface area contributed by atoms with Crippen LogP contribution in [0.25, 0.3) is 0 Å². The third-order valence-corrected chi connectivity index (χ3v) is 3.57. The van der Waals surface area contributed by atoms with Gasteiger partial charge in [-0.1, -0.05) is 12.1 Å². The van der Waals surface area contributed by atoms with Gasteiger partial charge in [-0.2, -0.15) is 5.26 Å². The van der Waals surface area contributed by atoms with Crippen molar-refractivity contribution in [1.29, 1.82) is 5.26 Å². The molecule has 1 heterocycles. The Bertz CT molecular complexity index is 796. The highest BCUT2D eigenvalue weighted by Crippen LogP contribution is 2.20. The normalized spacial score (nSPS) is 10.0. The lowest BCUT2D eigenvalue weighted by Crippen LogP contribution is -2.28.